The van der Waals surface area contributed by atoms with Crippen LogP contribution in [0.25, 0.3) is 6.08 Å². The smallest absolute Gasteiger partial charge is 0.335 e. The zero-order valence-corrected chi connectivity index (χ0v) is 13.5. The number of ether oxygens (including phenoxy) is 1. The molecule has 0 aliphatic rings. The number of nitrogens with zero attached hydrogens (tertiary/aromatic N) is 1. The number of carbonyl (C=O) groups is 2. The Kier molecular flexibility index (Phi) is 5.91. The number of hydrogen-bond donors (Lipinski definition) is 2. The van der Waals surface area contributed by atoms with E-state index in [0.717, 1.165) is 5.56 Å². The van der Waals surface area contributed by atoms with Gasteiger partial charge in [0.25, 0.3) is 5.91 Å². The van der Waals surface area contributed by atoms with Crippen molar-refractivity contribution in [1.29, 1.82) is 5.26 Å². The Balaban J connectivity index is 2.05. The van der Waals surface area contributed by atoms with E-state index in [2.05, 4.69) is 5.32 Å². The van der Waals surface area contributed by atoms with Crippen molar-refractivity contribution >= 4 is 18.0 Å². The summed E-state index contributed by atoms with van der Waals surface area (Å²) in [4.78, 5) is 22.4. The average Bonchev–Trinajstić information content (AvgIpc) is 2.65. The number of amides is 1. The van der Waals surface area contributed by atoms with E-state index < -0.39 is 11.9 Å². The summed E-state index contributed by atoms with van der Waals surface area (Å²) in [7, 11) is 1.46. The summed E-state index contributed by atoms with van der Waals surface area (Å²) in [5.41, 5.74) is 1.66. The van der Waals surface area contributed by atoms with Crippen LogP contribution in [0.2, 0.25) is 0 Å². The lowest BCUT2D eigenvalue weighted by Gasteiger charge is -2.07. The van der Waals surface area contributed by atoms with Crippen LogP contribution in [0.15, 0.2) is 54.1 Å². The standard InChI is InChI=1S/C19H16N2O4/c1-21-18(22)16(11-20)9-13-5-7-17(8-6-13)25-12-14-3-2-4-15(10-14)19(23)24/h2-10H,12H2,1H3,(H,21,22)(H,23,24)/b16-9+. The van der Waals surface area contributed by atoms with Gasteiger partial charge in [0.1, 0.15) is 24.0 Å². The third kappa shape index (κ3) is 4.94. The monoisotopic (exact) mass is 336 g/mol. The van der Waals surface area contributed by atoms with Crippen LogP contribution in [0, 0.1) is 11.3 Å². The van der Waals surface area contributed by atoms with Crippen molar-refractivity contribution in [2.24, 2.45) is 0 Å². The first-order valence-corrected chi connectivity index (χ1v) is 7.42. The van der Waals surface area contributed by atoms with E-state index in [1.165, 1.54) is 19.2 Å². The van der Waals surface area contributed by atoms with Gasteiger partial charge < -0.3 is 15.2 Å². The van der Waals surface area contributed by atoms with Gasteiger partial charge in [0.15, 0.2) is 0 Å². The highest BCUT2D eigenvalue weighted by atomic mass is 16.5. The molecule has 0 atom stereocenters. The number of carboxylic acids is 1. The molecule has 6 nitrogen and oxygen atoms in total. The zero-order chi connectivity index (χ0) is 18.2. The third-order valence-corrected chi connectivity index (χ3v) is 3.36. The Morgan fingerprint density at radius 1 is 1.24 bits per heavy atom. The van der Waals surface area contributed by atoms with Crippen molar-refractivity contribution in [3.05, 3.63) is 70.8 Å². The van der Waals surface area contributed by atoms with Crippen molar-refractivity contribution < 1.29 is 19.4 Å². The lowest BCUT2D eigenvalue weighted by atomic mass is 10.1. The number of aromatic carboxylic acids is 1. The molecule has 0 heterocycles. The van der Waals surface area contributed by atoms with Gasteiger partial charge in [-0.05, 0) is 41.5 Å². The summed E-state index contributed by atoms with van der Waals surface area (Å²) in [6.45, 7) is 0.234. The van der Waals surface area contributed by atoms with Crippen LogP contribution in [-0.4, -0.2) is 24.0 Å². The molecule has 2 aromatic rings. The fraction of sp³-hybridized carbons (Fsp3) is 0.105. The molecular weight excluding hydrogens is 320 g/mol. The fourth-order valence-electron chi connectivity index (χ4n) is 2.07. The Morgan fingerprint density at radius 3 is 2.56 bits per heavy atom. The molecule has 25 heavy (non-hydrogen) atoms. The number of benzene rings is 2. The molecule has 2 aromatic carbocycles. The summed E-state index contributed by atoms with van der Waals surface area (Å²) >= 11 is 0. The fourth-order valence-corrected chi connectivity index (χ4v) is 2.07. The first-order valence-electron chi connectivity index (χ1n) is 7.42. The Labute approximate surface area is 145 Å². The quantitative estimate of drug-likeness (QED) is 0.624. The number of rotatable bonds is 6. The molecule has 0 bridgehead atoms. The molecule has 0 aliphatic heterocycles. The molecule has 1 amide bonds. The van der Waals surface area contributed by atoms with Crippen molar-refractivity contribution in [2.45, 2.75) is 6.61 Å². The van der Waals surface area contributed by atoms with Crippen LogP contribution in [-0.2, 0) is 11.4 Å². The second kappa shape index (κ2) is 8.31. The maximum Gasteiger partial charge on any atom is 0.335 e. The molecule has 126 valence electrons. The molecule has 6 heteroatoms. The molecule has 0 unspecified atom stereocenters. The summed E-state index contributed by atoms with van der Waals surface area (Å²) < 4.78 is 5.62. The van der Waals surface area contributed by atoms with Crippen molar-refractivity contribution in [3.63, 3.8) is 0 Å². The molecule has 0 radical (unpaired) electrons. The van der Waals surface area contributed by atoms with Crippen molar-refractivity contribution in [3.8, 4) is 11.8 Å². The number of likely N-dealkylation sites (N-methyl/N-ethyl adjacent to an activating group) is 1. The van der Waals surface area contributed by atoms with Crippen LogP contribution in [0.1, 0.15) is 21.5 Å². The van der Waals surface area contributed by atoms with Crippen LogP contribution < -0.4 is 10.1 Å². The SMILES string of the molecule is CNC(=O)/C(C#N)=C/c1ccc(OCc2cccc(C(=O)O)c2)cc1. The molecule has 0 aliphatic carbocycles. The average molecular weight is 336 g/mol. The van der Waals surface area contributed by atoms with Gasteiger partial charge in [-0.15, -0.1) is 0 Å². The van der Waals surface area contributed by atoms with Crippen LogP contribution in [0.4, 0.5) is 0 Å². The predicted octanol–water partition coefficient (Wildman–Crippen LogP) is 2.62. The number of hydrogen-bond acceptors (Lipinski definition) is 4. The van der Waals surface area contributed by atoms with Crippen LogP contribution in [0.5, 0.6) is 5.75 Å². The summed E-state index contributed by atoms with van der Waals surface area (Å²) in [5.74, 6) is -0.833. The number of carboxylic acid groups (broad SMARTS) is 1. The van der Waals surface area contributed by atoms with E-state index in [9.17, 15) is 9.59 Å². The number of nitriles is 1. The molecule has 0 spiro atoms. The minimum atomic E-state index is -0.984. The number of nitrogens with one attached hydrogen (secondary N) is 1. The van der Waals surface area contributed by atoms with Gasteiger partial charge in [-0.25, -0.2) is 4.79 Å². The molecule has 2 rings (SSSR count). The summed E-state index contributed by atoms with van der Waals surface area (Å²) in [5, 5.41) is 20.3. The number of carbonyl (C=O) groups excluding carboxylic acids is 1. The minimum absolute atomic E-state index is 0.0154. The van der Waals surface area contributed by atoms with Gasteiger partial charge in [0.2, 0.25) is 0 Å². The maximum absolute atomic E-state index is 11.5. The largest absolute Gasteiger partial charge is 0.489 e. The van der Waals surface area contributed by atoms with Crippen molar-refractivity contribution in [1.82, 2.24) is 5.32 Å². The molecule has 0 fully saturated rings. The van der Waals surface area contributed by atoms with Crippen molar-refractivity contribution in [2.75, 3.05) is 7.05 Å². The highest BCUT2D eigenvalue weighted by Gasteiger charge is 2.06. The molecule has 2 N–H and O–H groups in total. The molecular formula is C19H16N2O4. The second-order valence-electron chi connectivity index (χ2n) is 5.11. The summed E-state index contributed by atoms with van der Waals surface area (Å²) in [6, 6.07) is 15.3. The predicted molar refractivity (Wildman–Crippen MR) is 91.8 cm³/mol. The highest BCUT2D eigenvalue weighted by Crippen LogP contribution is 2.16. The molecule has 0 saturated carbocycles. The minimum Gasteiger partial charge on any atom is -0.489 e. The normalized spacial score (nSPS) is 10.6. The molecule has 0 aromatic heterocycles. The first-order chi connectivity index (χ1) is 12.0. The highest BCUT2D eigenvalue weighted by molar-refractivity contribution is 6.01. The molecule has 0 saturated heterocycles. The van der Waals surface area contributed by atoms with Crippen LogP contribution in [0.3, 0.4) is 0 Å². The maximum atomic E-state index is 11.5. The Hall–Kier alpha value is -3.59. The van der Waals surface area contributed by atoms with Gasteiger partial charge >= 0.3 is 5.97 Å². The van der Waals surface area contributed by atoms with E-state index in [1.54, 1.807) is 42.5 Å². The lowest BCUT2D eigenvalue weighted by Crippen LogP contribution is -2.19. The van der Waals surface area contributed by atoms with E-state index in [1.807, 2.05) is 6.07 Å². The van der Waals surface area contributed by atoms with Crippen LogP contribution >= 0.6 is 0 Å². The Bertz CT molecular complexity index is 848. The van der Waals surface area contributed by atoms with Gasteiger partial charge in [-0.2, -0.15) is 5.26 Å². The van der Waals surface area contributed by atoms with E-state index in [-0.39, 0.29) is 17.7 Å². The first kappa shape index (κ1) is 17.8. The Morgan fingerprint density at radius 2 is 1.96 bits per heavy atom. The summed E-state index contributed by atoms with van der Waals surface area (Å²) in [6.07, 6.45) is 1.49. The van der Waals surface area contributed by atoms with E-state index in [0.29, 0.717) is 11.3 Å². The van der Waals surface area contributed by atoms with Gasteiger partial charge in [0.05, 0.1) is 5.56 Å². The van der Waals surface area contributed by atoms with Gasteiger partial charge in [-0.3, -0.25) is 4.79 Å². The van der Waals surface area contributed by atoms with Gasteiger partial charge in [-0.1, -0.05) is 24.3 Å². The van der Waals surface area contributed by atoms with E-state index >= 15 is 0 Å². The third-order valence-electron chi connectivity index (χ3n) is 3.36. The van der Waals surface area contributed by atoms with E-state index in [4.69, 9.17) is 15.1 Å². The zero-order valence-electron chi connectivity index (χ0n) is 13.5. The second-order valence-corrected chi connectivity index (χ2v) is 5.11. The van der Waals surface area contributed by atoms with Gasteiger partial charge in [0, 0.05) is 7.05 Å². The lowest BCUT2D eigenvalue weighted by molar-refractivity contribution is -0.116. The topological polar surface area (TPSA) is 99.4 Å².